The number of nitriles is 1. The molecule has 4 heteroatoms. The number of halogens is 2. The minimum absolute atomic E-state index is 0.0999. The van der Waals surface area contributed by atoms with E-state index in [2.05, 4.69) is 0 Å². The number of carbonyl (C=O) groups excluding carboxylic acids is 1. The largest absolute Gasteiger partial charge is 0.293 e. The molecule has 1 rings (SSSR count). The fourth-order valence-electron chi connectivity index (χ4n) is 1.57. The second kappa shape index (κ2) is 5.79. The molecule has 0 heterocycles. The Morgan fingerprint density at radius 1 is 1.53 bits per heavy atom. The van der Waals surface area contributed by atoms with Gasteiger partial charge >= 0.3 is 0 Å². The summed E-state index contributed by atoms with van der Waals surface area (Å²) in [5.74, 6) is -1.86. The summed E-state index contributed by atoms with van der Waals surface area (Å²) in [6.45, 7) is 3.82. The highest BCUT2D eigenvalue weighted by molar-refractivity contribution is 6.31. The molecule has 0 radical (unpaired) electrons. The van der Waals surface area contributed by atoms with Crippen LogP contribution in [0.5, 0.6) is 0 Å². The van der Waals surface area contributed by atoms with Gasteiger partial charge in [0.15, 0.2) is 11.6 Å². The zero-order valence-corrected chi connectivity index (χ0v) is 10.5. The van der Waals surface area contributed by atoms with E-state index in [4.69, 9.17) is 16.9 Å². The van der Waals surface area contributed by atoms with Crippen molar-refractivity contribution in [2.75, 3.05) is 0 Å². The lowest BCUT2D eigenvalue weighted by molar-refractivity contribution is 0.0933. The Labute approximate surface area is 105 Å². The molecule has 0 aromatic heterocycles. The Kier molecular flexibility index (Phi) is 4.65. The molecule has 1 unspecified atom stereocenters. The first kappa shape index (κ1) is 13.7. The Balaban J connectivity index is 3.03. The zero-order valence-electron chi connectivity index (χ0n) is 9.71. The van der Waals surface area contributed by atoms with Crippen molar-refractivity contribution in [1.82, 2.24) is 0 Å². The molecule has 90 valence electrons. The quantitative estimate of drug-likeness (QED) is 0.765. The second-order valence-electron chi connectivity index (χ2n) is 4.28. The maximum absolute atomic E-state index is 13.6. The van der Waals surface area contributed by atoms with Crippen molar-refractivity contribution in [2.24, 2.45) is 11.8 Å². The van der Waals surface area contributed by atoms with Gasteiger partial charge in [-0.05, 0) is 24.5 Å². The number of hydrogen-bond donors (Lipinski definition) is 0. The van der Waals surface area contributed by atoms with Crippen LogP contribution >= 0.6 is 11.6 Å². The molecule has 2 nitrogen and oxygen atoms in total. The van der Waals surface area contributed by atoms with Gasteiger partial charge in [-0.25, -0.2) is 4.39 Å². The standard InChI is InChI=1S/C13H13ClFNO/c1-8(2)6-9(7-16)13(17)10-4-3-5-11(14)12(10)15/h3-5,8-9H,6H2,1-2H3. The molecule has 0 N–H and O–H groups in total. The van der Waals surface area contributed by atoms with E-state index in [9.17, 15) is 9.18 Å². The average Bonchev–Trinajstić information content (AvgIpc) is 2.28. The number of Topliss-reactive ketones (excluding diaryl/α,β-unsaturated/α-hetero) is 1. The minimum atomic E-state index is -0.817. The monoisotopic (exact) mass is 253 g/mol. The number of benzene rings is 1. The number of carbonyl (C=O) groups is 1. The van der Waals surface area contributed by atoms with Gasteiger partial charge in [0.1, 0.15) is 5.92 Å². The summed E-state index contributed by atoms with van der Waals surface area (Å²) in [6, 6.07) is 6.15. The van der Waals surface area contributed by atoms with Gasteiger partial charge < -0.3 is 0 Å². The first-order chi connectivity index (χ1) is 7.97. The lowest BCUT2D eigenvalue weighted by Crippen LogP contribution is -2.16. The fourth-order valence-corrected chi connectivity index (χ4v) is 1.75. The Hall–Kier alpha value is -1.40. The molecule has 0 aliphatic carbocycles. The van der Waals surface area contributed by atoms with Gasteiger partial charge in [0, 0.05) is 0 Å². The predicted molar refractivity (Wildman–Crippen MR) is 64.3 cm³/mol. The molecule has 0 aliphatic heterocycles. The van der Waals surface area contributed by atoms with E-state index in [0.717, 1.165) is 0 Å². The van der Waals surface area contributed by atoms with Crippen LogP contribution < -0.4 is 0 Å². The highest BCUT2D eigenvalue weighted by Gasteiger charge is 2.24. The molecule has 0 fully saturated rings. The van der Waals surface area contributed by atoms with Crippen LogP contribution in [0.4, 0.5) is 4.39 Å². The molecule has 0 bridgehead atoms. The van der Waals surface area contributed by atoms with Gasteiger partial charge in [-0.3, -0.25) is 4.79 Å². The molecular formula is C13H13ClFNO. The summed E-state index contributed by atoms with van der Waals surface area (Å²) in [4.78, 5) is 12.0. The Morgan fingerprint density at radius 2 is 2.18 bits per heavy atom. The van der Waals surface area contributed by atoms with Crippen LogP contribution in [0, 0.1) is 29.0 Å². The smallest absolute Gasteiger partial charge is 0.182 e. The van der Waals surface area contributed by atoms with E-state index >= 15 is 0 Å². The SMILES string of the molecule is CC(C)CC(C#N)C(=O)c1cccc(Cl)c1F. The number of hydrogen-bond acceptors (Lipinski definition) is 2. The Bertz CT molecular complexity index is 465. The molecule has 0 aliphatic rings. The van der Waals surface area contributed by atoms with Crippen LogP contribution in [0.3, 0.4) is 0 Å². The van der Waals surface area contributed by atoms with Gasteiger partial charge in [-0.2, -0.15) is 5.26 Å². The van der Waals surface area contributed by atoms with Crippen molar-refractivity contribution < 1.29 is 9.18 Å². The maximum atomic E-state index is 13.6. The van der Waals surface area contributed by atoms with Crippen LogP contribution in [0.25, 0.3) is 0 Å². The van der Waals surface area contributed by atoms with Crippen LogP contribution in [-0.2, 0) is 0 Å². The third-order valence-corrected chi connectivity index (χ3v) is 2.69. The molecule has 0 spiro atoms. The van der Waals surface area contributed by atoms with Crippen molar-refractivity contribution >= 4 is 17.4 Å². The predicted octanol–water partition coefficient (Wildman–Crippen LogP) is 3.85. The maximum Gasteiger partial charge on any atom is 0.182 e. The molecule has 17 heavy (non-hydrogen) atoms. The van der Waals surface area contributed by atoms with Crippen LogP contribution in [-0.4, -0.2) is 5.78 Å². The third-order valence-electron chi connectivity index (χ3n) is 2.40. The van der Waals surface area contributed by atoms with E-state index in [1.54, 1.807) is 0 Å². The van der Waals surface area contributed by atoms with Crippen LogP contribution in [0.15, 0.2) is 18.2 Å². The zero-order chi connectivity index (χ0) is 13.0. The summed E-state index contributed by atoms with van der Waals surface area (Å²) >= 11 is 5.60. The third kappa shape index (κ3) is 3.28. The first-order valence-electron chi connectivity index (χ1n) is 5.35. The van der Waals surface area contributed by atoms with E-state index in [1.807, 2.05) is 19.9 Å². The topological polar surface area (TPSA) is 40.9 Å². The summed E-state index contributed by atoms with van der Waals surface area (Å²) in [7, 11) is 0. The lowest BCUT2D eigenvalue weighted by atomic mass is 9.91. The summed E-state index contributed by atoms with van der Waals surface area (Å²) < 4.78 is 13.6. The molecule has 0 saturated carbocycles. The molecular weight excluding hydrogens is 241 g/mol. The molecule has 1 aromatic carbocycles. The van der Waals surface area contributed by atoms with E-state index in [-0.39, 0.29) is 16.5 Å². The highest BCUT2D eigenvalue weighted by Crippen LogP contribution is 2.23. The second-order valence-corrected chi connectivity index (χ2v) is 4.68. The summed E-state index contributed by atoms with van der Waals surface area (Å²) in [5.41, 5.74) is -0.107. The number of nitrogens with zero attached hydrogens (tertiary/aromatic N) is 1. The van der Waals surface area contributed by atoms with E-state index < -0.39 is 17.5 Å². The summed E-state index contributed by atoms with van der Waals surface area (Å²) in [6.07, 6.45) is 0.418. The molecule has 1 atom stereocenters. The van der Waals surface area contributed by atoms with Crippen molar-refractivity contribution in [3.63, 3.8) is 0 Å². The van der Waals surface area contributed by atoms with Gasteiger partial charge in [-0.15, -0.1) is 0 Å². The molecule has 1 aromatic rings. The number of rotatable bonds is 4. The van der Waals surface area contributed by atoms with Crippen molar-refractivity contribution in [3.05, 3.63) is 34.6 Å². The van der Waals surface area contributed by atoms with E-state index in [0.29, 0.717) is 6.42 Å². The Morgan fingerprint density at radius 3 is 2.71 bits per heavy atom. The van der Waals surface area contributed by atoms with Gasteiger partial charge in [0.05, 0.1) is 16.7 Å². The van der Waals surface area contributed by atoms with Gasteiger partial charge in [0.2, 0.25) is 0 Å². The number of ketones is 1. The van der Waals surface area contributed by atoms with E-state index in [1.165, 1.54) is 18.2 Å². The van der Waals surface area contributed by atoms with Crippen molar-refractivity contribution in [1.29, 1.82) is 5.26 Å². The molecule has 0 saturated heterocycles. The lowest BCUT2D eigenvalue weighted by Gasteiger charge is -2.11. The van der Waals surface area contributed by atoms with Gasteiger partial charge in [0.25, 0.3) is 0 Å². The first-order valence-corrected chi connectivity index (χ1v) is 5.73. The molecule has 0 amide bonds. The van der Waals surface area contributed by atoms with Crippen molar-refractivity contribution in [2.45, 2.75) is 20.3 Å². The fraction of sp³-hybridized carbons (Fsp3) is 0.385. The van der Waals surface area contributed by atoms with Gasteiger partial charge in [-0.1, -0.05) is 31.5 Å². The van der Waals surface area contributed by atoms with Crippen LogP contribution in [0.2, 0.25) is 5.02 Å². The minimum Gasteiger partial charge on any atom is -0.293 e. The summed E-state index contributed by atoms with van der Waals surface area (Å²) in [5, 5.41) is 8.84. The van der Waals surface area contributed by atoms with Crippen LogP contribution in [0.1, 0.15) is 30.6 Å². The highest BCUT2D eigenvalue weighted by atomic mass is 35.5. The van der Waals surface area contributed by atoms with Crippen molar-refractivity contribution in [3.8, 4) is 6.07 Å². The normalized spacial score (nSPS) is 12.2. The average molecular weight is 254 g/mol.